The molecule has 0 bridgehead atoms. The number of nitrogens with one attached hydrogen (secondary N) is 1. The quantitative estimate of drug-likeness (QED) is 0.925. The largest absolute Gasteiger partial charge is 0.369 e. The van der Waals surface area contributed by atoms with Crippen LogP contribution >= 0.6 is 0 Å². The number of carbonyl (C=O) groups is 1. The Labute approximate surface area is 117 Å². The highest BCUT2D eigenvalue weighted by atomic mass is 16.2. The number of nitrogens with zero attached hydrogens (tertiary/aromatic N) is 3. The van der Waals surface area contributed by atoms with Gasteiger partial charge < -0.3 is 10.2 Å². The number of aromatic nitrogens is 2. The molecule has 0 saturated carbocycles. The van der Waals surface area contributed by atoms with Gasteiger partial charge in [0.25, 0.3) is 5.91 Å². The fourth-order valence-corrected chi connectivity index (χ4v) is 2.37. The molecule has 102 valence electrons. The van der Waals surface area contributed by atoms with Crippen LogP contribution in [0.3, 0.4) is 0 Å². The second-order valence-corrected chi connectivity index (χ2v) is 4.75. The molecule has 2 heterocycles. The first-order chi connectivity index (χ1) is 9.78. The SMILES string of the molecule is CCNc1cncc(C(=O)N2Cc3ccccc3C2)n1. The van der Waals surface area contributed by atoms with Gasteiger partial charge >= 0.3 is 0 Å². The molecular formula is C15H16N4O. The Kier molecular flexibility index (Phi) is 3.33. The zero-order chi connectivity index (χ0) is 13.9. The van der Waals surface area contributed by atoms with Crippen LogP contribution in [-0.4, -0.2) is 27.3 Å². The van der Waals surface area contributed by atoms with Crippen molar-refractivity contribution in [3.8, 4) is 0 Å². The van der Waals surface area contributed by atoms with Gasteiger partial charge in [0, 0.05) is 19.6 Å². The standard InChI is InChI=1S/C15H16N4O/c1-2-17-14-8-16-7-13(18-14)15(20)19-9-11-5-3-4-6-12(11)10-19/h3-8H,2,9-10H2,1H3,(H,17,18). The van der Waals surface area contributed by atoms with E-state index in [2.05, 4.69) is 27.4 Å². The molecule has 1 aromatic heterocycles. The fraction of sp³-hybridized carbons (Fsp3) is 0.267. The first-order valence-corrected chi connectivity index (χ1v) is 6.70. The Morgan fingerprint density at radius 3 is 2.60 bits per heavy atom. The number of amides is 1. The highest BCUT2D eigenvalue weighted by Crippen LogP contribution is 2.23. The molecule has 0 atom stereocenters. The van der Waals surface area contributed by atoms with Gasteiger partial charge in [-0.2, -0.15) is 0 Å². The number of hydrogen-bond acceptors (Lipinski definition) is 4. The minimum absolute atomic E-state index is 0.0755. The molecule has 0 spiro atoms. The molecule has 0 radical (unpaired) electrons. The molecule has 1 amide bonds. The number of fused-ring (bicyclic) bond motifs is 1. The highest BCUT2D eigenvalue weighted by Gasteiger charge is 2.24. The second-order valence-electron chi connectivity index (χ2n) is 4.75. The molecule has 0 saturated heterocycles. The lowest BCUT2D eigenvalue weighted by Crippen LogP contribution is -2.26. The predicted octanol–water partition coefficient (Wildman–Crippen LogP) is 2.06. The van der Waals surface area contributed by atoms with Crippen LogP contribution in [0.4, 0.5) is 5.82 Å². The van der Waals surface area contributed by atoms with Crippen molar-refractivity contribution >= 4 is 11.7 Å². The molecule has 1 N–H and O–H groups in total. The van der Waals surface area contributed by atoms with E-state index in [-0.39, 0.29) is 5.91 Å². The van der Waals surface area contributed by atoms with E-state index in [1.807, 2.05) is 19.1 Å². The van der Waals surface area contributed by atoms with Gasteiger partial charge in [0.05, 0.1) is 12.4 Å². The van der Waals surface area contributed by atoms with Crippen molar-refractivity contribution in [2.45, 2.75) is 20.0 Å². The summed E-state index contributed by atoms with van der Waals surface area (Å²) in [5.74, 6) is 0.559. The number of rotatable bonds is 3. The maximum absolute atomic E-state index is 12.5. The zero-order valence-electron chi connectivity index (χ0n) is 11.3. The topological polar surface area (TPSA) is 58.1 Å². The first-order valence-electron chi connectivity index (χ1n) is 6.70. The van der Waals surface area contributed by atoms with Crippen molar-refractivity contribution in [2.24, 2.45) is 0 Å². The smallest absolute Gasteiger partial charge is 0.274 e. The highest BCUT2D eigenvalue weighted by molar-refractivity contribution is 5.92. The van der Waals surface area contributed by atoms with Crippen LogP contribution in [0.25, 0.3) is 0 Å². The van der Waals surface area contributed by atoms with Gasteiger partial charge in [-0.25, -0.2) is 4.98 Å². The van der Waals surface area contributed by atoms with Crippen molar-refractivity contribution in [1.82, 2.24) is 14.9 Å². The minimum Gasteiger partial charge on any atom is -0.369 e. The van der Waals surface area contributed by atoms with Crippen molar-refractivity contribution in [3.63, 3.8) is 0 Å². The molecule has 1 aromatic carbocycles. The van der Waals surface area contributed by atoms with E-state index in [1.54, 1.807) is 11.1 Å². The zero-order valence-corrected chi connectivity index (χ0v) is 11.3. The first kappa shape index (κ1) is 12.6. The van der Waals surface area contributed by atoms with E-state index >= 15 is 0 Å². The van der Waals surface area contributed by atoms with E-state index in [0.29, 0.717) is 24.6 Å². The van der Waals surface area contributed by atoms with Gasteiger partial charge in [-0.1, -0.05) is 24.3 Å². The maximum atomic E-state index is 12.5. The van der Waals surface area contributed by atoms with Gasteiger partial charge in [0.15, 0.2) is 0 Å². The number of hydrogen-bond donors (Lipinski definition) is 1. The van der Waals surface area contributed by atoms with Crippen LogP contribution in [0.2, 0.25) is 0 Å². The molecule has 3 rings (SSSR count). The van der Waals surface area contributed by atoms with Crippen molar-refractivity contribution in [3.05, 3.63) is 53.5 Å². The Morgan fingerprint density at radius 2 is 1.95 bits per heavy atom. The Balaban J connectivity index is 1.79. The van der Waals surface area contributed by atoms with Crippen molar-refractivity contribution in [2.75, 3.05) is 11.9 Å². The van der Waals surface area contributed by atoms with E-state index in [4.69, 9.17) is 0 Å². The summed E-state index contributed by atoms with van der Waals surface area (Å²) in [5, 5.41) is 3.07. The van der Waals surface area contributed by atoms with Gasteiger partial charge in [-0.3, -0.25) is 9.78 Å². The predicted molar refractivity (Wildman–Crippen MR) is 76.2 cm³/mol. The third kappa shape index (κ3) is 2.34. The van der Waals surface area contributed by atoms with E-state index in [0.717, 1.165) is 6.54 Å². The van der Waals surface area contributed by atoms with Crippen LogP contribution in [-0.2, 0) is 13.1 Å². The molecule has 0 aliphatic carbocycles. The molecule has 20 heavy (non-hydrogen) atoms. The normalized spacial score (nSPS) is 13.2. The summed E-state index contributed by atoms with van der Waals surface area (Å²) in [7, 11) is 0. The summed E-state index contributed by atoms with van der Waals surface area (Å²) in [6, 6.07) is 8.11. The van der Waals surface area contributed by atoms with Crippen LogP contribution < -0.4 is 5.32 Å². The average Bonchev–Trinajstić information content (AvgIpc) is 2.91. The van der Waals surface area contributed by atoms with Crippen molar-refractivity contribution < 1.29 is 4.79 Å². The summed E-state index contributed by atoms with van der Waals surface area (Å²) in [5.41, 5.74) is 2.80. The molecule has 5 heteroatoms. The third-order valence-corrected chi connectivity index (χ3v) is 3.34. The summed E-state index contributed by atoms with van der Waals surface area (Å²) in [4.78, 5) is 22.6. The third-order valence-electron chi connectivity index (χ3n) is 3.34. The molecule has 5 nitrogen and oxygen atoms in total. The average molecular weight is 268 g/mol. The monoisotopic (exact) mass is 268 g/mol. The molecule has 0 fully saturated rings. The minimum atomic E-state index is -0.0755. The van der Waals surface area contributed by atoms with Gasteiger partial charge in [-0.15, -0.1) is 0 Å². The molecular weight excluding hydrogens is 252 g/mol. The van der Waals surface area contributed by atoms with Crippen LogP contribution in [0, 0.1) is 0 Å². The van der Waals surface area contributed by atoms with Gasteiger partial charge in [0.2, 0.25) is 0 Å². The molecule has 2 aromatic rings. The van der Waals surface area contributed by atoms with Crippen molar-refractivity contribution in [1.29, 1.82) is 0 Å². The lowest BCUT2D eigenvalue weighted by Gasteiger charge is -2.15. The Morgan fingerprint density at radius 1 is 1.25 bits per heavy atom. The Hall–Kier alpha value is -2.43. The van der Waals surface area contributed by atoms with E-state index in [1.165, 1.54) is 17.3 Å². The van der Waals surface area contributed by atoms with E-state index < -0.39 is 0 Å². The second kappa shape index (κ2) is 5.28. The number of carbonyl (C=O) groups excluding carboxylic acids is 1. The summed E-state index contributed by atoms with van der Waals surface area (Å²) >= 11 is 0. The number of anilines is 1. The van der Waals surface area contributed by atoms with Crippen LogP contribution in [0.1, 0.15) is 28.5 Å². The summed E-state index contributed by atoms with van der Waals surface area (Å²) < 4.78 is 0. The van der Waals surface area contributed by atoms with Gasteiger partial charge in [0.1, 0.15) is 11.5 Å². The van der Waals surface area contributed by atoms with Crippen LogP contribution in [0.15, 0.2) is 36.7 Å². The lowest BCUT2D eigenvalue weighted by molar-refractivity contribution is 0.0745. The molecule has 0 unspecified atom stereocenters. The van der Waals surface area contributed by atoms with Gasteiger partial charge in [-0.05, 0) is 18.1 Å². The summed E-state index contributed by atoms with van der Waals surface area (Å²) in [6.45, 7) is 4.01. The lowest BCUT2D eigenvalue weighted by atomic mass is 10.1. The maximum Gasteiger partial charge on any atom is 0.274 e. The number of benzene rings is 1. The molecule has 1 aliphatic heterocycles. The molecule has 1 aliphatic rings. The van der Waals surface area contributed by atoms with Crippen LogP contribution in [0.5, 0.6) is 0 Å². The summed E-state index contributed by atoms with van der Waals surface area (Å²) in [6.07, 6.45) is 3.14. The Bertz CT molecular complexity index is 616. The fourth-order valence-electron chi connectivity index (χ4n) is 2.37. The van der Waals surface area contributed by atoms with E-state index in [9.17, 15) is 4.79 Å².